The molecule has 0 aliphatic rings. The minimum Gasteiger partial charge on any atom is -0.315 e. The van der Waals surface area contributed by atoms with Gasteiger partial charge in [-0.05, 0) is 52.5 Å². The van der Waals surface area contributed by atoms with E-state index in [1.165, 1.54) is 9.35 Å². The van der Waals surface area contributed by atoms with Crippen LogP contribution < -0.4 is 5.32 Å². The van der Waals surface area contributed by atoms with Crippen molar-refractivity contribution in [3.8, 4) is 0 Å². The Morgan fingerprint density at radius 3 is 2.81 bits per heavy atom. The Morgan fingerprint density at radius 1 is 1.50 bits per heavy atom. The van der Waals surface area contributed by atoms with Crippen molar-refractivity contribution in [1.82, 2.24) is 10.2 Å². The van der Waals surface area contributed by atoms with Crippen LogP contribution in [0.3, 0.4) is 0 Å². The largest absolute Gasteiger partial charge is 0.315 e. The third-order valence-electron chi connectivity index (χ3n) is 2.30. The first-order valence-corrected chi connectivity index (χ1v) is 7.37. The highest BCUT2D eigenvalue weighted by Crippen LogP contribution is 2.21. The van der Waals surface area contributed by atoms with Gasteiger partial charge in [0.2, 0.25) is 0 Å². The fraction of sp³-hybridized carbons (Fsp3) is 0.667. The number of halogens is 1. The van der Waals surface area contributed by atoms with Crippen LogP contribution in [-0.2, 0) is 6.54 Å². The molecular formula is C12H21BrN2S. The molecule has 0 spiro atoms. The number of thiophene rings is 1. The summed E-state index contributed by atoms with van der Waals surface area (Å²) in [4.78, 5) is 2.35. The highest BCUT2D eigenvalue weighted by atomic mass is 79.9. The third-order valence-corrected chi connectivity index (χ3v) is 3.85. The zero-order valence-corrected chi connectivity index (χ0v) is 12.7. The predicted molar refractivity (Wildman–Crippen MR) is 76.1 cm³/mol. The van der Waals surface area contributed by atoms with Crippen molar-refractivity contribution in [3.05, 3.63) is 20.8 Å². The zero-order valence-electron chi connectivity index (χ0n) is 10.3. The second-order valence-electron chi connectivity index (χ2n) is 4.59. The van der Waals surface area contributed by atoms with E-state index in [1.54, 1.807) is 11.3 Å². The van der Waals surface area contributed by atoms with Crippen molar-refractivity contribution in [2.45, 2.75) is 20.4 Å². The molecule has 1 N–H and O–H groups in total. The average Bonchev–Trinajstić information content (AvgIpc) is 2.58. The van der Waals surface area contributed by atoms with Gasteiger partial charge in [-0.1, -0.05) is 13.8 Å². The number of rotatable bonds is 7. The number of hydrogen-bond acceptors (Lipinski definition) is 3. The van der Waals surface area contributed by atoms with Crippen molar-refractivity contribution in [3.63, 3.8) is 0 Å². The lowest BCUT2D eigenvalue weighted by Crippen LogP contribution is -2.30. The van der Waals surface area contributed by atoms with Gasteiger partial charge >= 0.3 is 0 Å². The molecule has 0 unspecified atom stereocenters. The minimum atomic E-state index is 0.734. The number of nitrogens with zero attached hydrogens (tertiary/aromatic N) is 1. The van der Waals surface area contributed by atoms with Gasteiger partial charge in [-0.25, -0.2) is 0 Å². The van der Waals surface area contributed by atoms with Crippen LogP contribution in [0.4, 0.5) is 0 Å². The van der Waals surface area contributed by atoms with Gasteiger partial charge in [0.1, 0.15) is 0 Å². The average molecular weight is 305 g/mol. The molecule has 0 saturated carbocycles. The summed E-state index contributed by atoms with van der Waals surface area (Å²) in [5.41, 5.74) is 1.39. The van der Waals surface area contributed by atoms with Gasteiger partial charge in [-0.15, -0.1) is 11.3 Å². The van der Waals surface area contributed by atoms with Crippen LogP contribution in [0, 0.1) is 5.92 Å². The first kappa shape index (κ1) is 14.2. The highest BCUT2D eigenvalue weighted by molar-refractivity contribution is 9.11. The summed E-state index contributed by atoms with van der Waals surface area (Å²) in [6.45, 7) is 8.78. The molecule has 1 heterocycles. The summed E-state index contributed by atoms with van der Waals surface area (Å²) < 4.78 is 1.22. The maximum Gasteiger partial charge on any atom is 0.0701 e. The molecule has 0 aliphatic carbocycles. The van der Waals surface area contributed by atoms with Crippen molar-refractivity contribution in [2.75, 3.05) is 26.7 Å². The number of hydrogen-bond donors (Lipinski definition) is 1. The monoisotopic (exact) mass is 304 g/mol. The Hall–Kier alpha value is 0.100. The summed E-state index contributed by atoms with van der Waals surface area (Å²) in [7, 11) is 2.17. The summed E-state index contributed by atoms with van der Waals surface area (Å²) in [6, 6.07) is 2.20. The predicted octanol–water partition coefficient (Wildman–Crippen LogP) is 3.19. The topological polar surface area (TPSA) is 15.3 Å². The van der Waals surface area contributed by atoms with E-state index in [1.807, 2.05) is 0 Å². The van der Waals surface area contributed by atoms with E-state index in [4.69, 9.17) is 0 Å². The number of likely N-dealkylation sites (N-methyl/N-ethyl adjacent to an activating group) is 1. The summed E-state index contributed by atoms with van der Waals surface area (Å²) in [5, 5.41) is 5.67. The summed E-state index contributed by atoms with van der Waals surface area (Å²) in [5.74, 6) is 0.734. The van der Waals surface area contributed by atoms with Gasteiger partial charge in [-0.3, -0.25) is 0 Å². The number of nitrogens with one attached hydrogen (secondary N) is 1. The van der Waals surface area contributed by atoms with Gasteiger partial charge in [0.05, 0.1) is 3.79 Å². The summed E-state index contributed by atoms with van der Waals surface area (Å²) in [6.07, 6.45) is 0. The quantitative estimate of drug-likeness (QED) is 0.778. The fourth-order valence-electron chi connectivity index (χ4n) is 1.48. The van der Waals surface area contributed by atoms with Gasteiger partial charge in [0, 0.05) is 19.6 Å². The second kappa shape index (κ2) is 7.43. The first-order valence-electron chi connectivity index (χ1n) is 5.70. The van der Waals surface area contributed by atoms with Crippen molar-refractivity contribution in [1.29, 1.82) is 0 Å². The van der Waals surface area contributed by atoms with E-state index in [2.05, 4.69) is 58.5 Å². The van der Waals surface area contributed by atoms with Crippen LogP contribution in [0.15, 0.2) is 15.2 Å². The molecule has 0 aliphatic heterocycles. The zero-order chi connectivity index (χ0) is 12.0. The Labute approximate surface area is 111 Å². The maximum absolute atomic E-state index is 3.49. The van der Waals surface area contributed by atoms with Gasteiger partial charge < -0.3 is 10.2 Å². The molecule has 1 rings (SSSR count). The lowest BCUT2D eigenvalue weighted by atomic mass is 10.2. The Bertz CT molecular complexity index is 299. The van der Waals surface area contributed by atoms with Crippen LogP contribution >= 0.6 is 27.3 Å². The third kappa shape index (κ3) is 5.99. The molecule has 0 aromatic carbocycles. The standard InChI is InChI=1S/C12H21BrN2S/c1-10(2)7-14-4-5-15(3)8-11-6-12(13)16-9-11/h6,9-10,14H,4-5,7-8H2,1-3H3. The van der Waals surface area contributed by atoms with Crippen molar-refractivity contribution >= 4 is 27.3 Å². The van der Waals surface area contributed by atoms with Gasteiger partial charge in [0.15, 0.2) is 0 Å². The lowest BCUT2D eigenvalue weighted by Gasteiger charge is -2.16. The van der Waals surface area contributed by atoms with Crippen LogP contribution in [0.5, 0.6) is 0 Å². The summed E-state index contributed by atoms with van der Waals surface area (Å²) >= 11 is 5.24. The van der Waals surface area contributed by atoms with E-state index in [-0.39, 0.29) is 0 Å². The second-order valence-corrected chi connectivity index (χ2v) is 6.89. The molecular weight excluding hydrogens is 284 g/mol. The molecule has 0 atom stereocenters. The molecule has 0 bridgehead atoms. The smallest absolute Gasteiger partial charge is 0.0701 e. The molecule has 0 fully saturated rings. The Kier molecular flexibility index (Phi) is 6.58. The van der Waals surface area contributed by atoms with Crippen molar-refractivity contribution in [2.24, 2.45) is 5.92 Å². The van der Waals surface area contributed by atoms with E-state index in [0.29, 0.717) is 0 Å². The Morgan fingerprint density at radius 2 is 2.25 bits per heavy atom. The van der Waals surface area contributed by atoms with E-state index < -0.39 is 0 Å². The van der Waals surface area contributed by atoms with Crippen LogP contribution in [0.25, 0.3) is 0 Å². The van der Waals surface area contributed by atoms with Gasteiger partial charge in [0.25, 0.3) is 0 Å². The fourth-order valence-corrected chi connectivity index (χ4v) is 2.68. The first-order chi connectivity index (χ1) is 7.58. The highest BCUT2D eigenvalue weighted by Gasteiger charge is 2.02. The molecule has 1 aromatic rings. The van der Waals surface area contributed by atoms with E-state index in [9.17, 15) is 0 Å². The molecule has 4 heteroatoms. The normalized spacial score (nSPS) is 11.6. The van der Waals surface area contributed by atoms with E-state index in [0.717, 1.165) is 32.1 Å². The van der Waals surface area contributed by atoms with Crippen LogP contribution in [0.1, 0.15) is 19.4 Å². The maximum atomic E-state index is 3.49. The minimum absolute atomic E-state index is 0.734. The van der Waals surface area contributed by atoms with Crippen molar-refractivity contribution < 1.29 is 0 Å². The molecule has 16 heavy (non-hydrogen) atoms. The van der Waals surface area contributed by atoms with Gasteiger partial charge in [-0.2, -0.15) is 0 Å². The van der Waals surface area contributed by atoms with Crippen LogP contribution in [-0.4, -0.2) is 31.6 Å². The Balaban J connectivity index is 2.13. The molecule has 0 saturated heterocycles. The molecule has 1 aromatic heterocycles. The molecule has 2 nitrogen and oxygen atoms in total. The lowest BCUT2D eigenvalue weighted by molar-refractivity contribution is 0.322. The molecule has 0 amide bonds. The molecule has 92 valence electrons. The molecule has 0 radical (unpaired) electrons. The SMILES string of the molecule is CC(C)CNCCN(C)Cc1csc(Br)c1. The van der Waals surface area contributed by atoms with E-state index >= 15 is 0 Å². The van der Waals surface area contributed by atoms with Crippen LogP contribution in [0.2, 0.25) is 0 Å².